The Morgan fingerprint density at radius 1 is 0.840 bits per heavy atom. The molecule has 1 heterocycles. The number of halogens is 2. The summed E-state index contributed by atoms with van der Waals surface area (Å²) in [5.74, 6) is 0.589. The lowest BCUT2D eigenvalue weighted by Crippen LogP contribution is -2.37. The average Bonchev–Trinajstić information content (AvgIpc) is 3.43. The van der Waals surface area contributed by atoms with Gasteiger partial charge in [-0.15, -0.1) is 0 Å². The highest BCUT2D eigenvalue weighted by Crippen LogP contribution is 2.39. The monoisotopic (exact) mass is 713 g/mol. The number of amides is 2. The first-order valence-corrected chi connectivity index (χ1v) is 17.8. The molecule has 2 unspecified atom stereocenters. The van der Waals surface area contributed by atoms with Crippen LogP contribution in [0, 0.1) is 0 Å². The first-order chi connectivity index (χ1) is 23.8. The van der Waals surface area contributed by atoms with Gasteiger partial charge in [-0.2, -0.15) is 10.1 Å². The van der Waals surface area contributed by atoms with Crippen LogP contribution in [-0.2, 0) is 20.4 Å². The second-order valence-corrected chi connectivity index (χ2v) is 14.7. The summed E-state index contributed by atoms with van der Waals surface area (Å²) < 4.78 is 12.6. The first kappa shape index (κ1) is 36.9. The fourth-order valence-electron chi connectivity index (χ4n) is 5.57. The largest absolute Gasteiger partial charge is 0.480 e. The number of nitrogens with one attached hydrogen (secondary N) is 1. The van der Waals surface area contributed by atoms with Crippen molar-refractivity contribution in [1.82, 2.24) is 0 Å². The van der Waals surface area contributed by atoms with Crippen molar-refractivity contribution < 1.29 is 19.1 Å². The molecule has 50 heavy (non-hydrogen) atoms. The fraction of sp³-hybridized carbons (Fsp3) is 0.341. The summed E-state index contributed by atoms with van der Waals surface area (Å²) in [5, 5.41) is 10.1. The van der Waals surface area contributed by atoms with Crippen molar-refractivity contribution in [3.8, 4) is 11.5 Å². The molecular formula is C41H45Cl2N3O4. The summed E-state index contributed by atoms with van der Waals surface area (Å²) >= 11 is 12.2. The molecule has 7 nitrogen and oxygen atoms in total. The predicted octanol–water partition coefficient (Wildman–Crippen LogP) is 10.4. The van der Waals surface area contributed by atoms with Crippen LogP contribution in [-0.4, -0.2) is 29.7 Å². The summed E-state index contributed by atoms with van der Waals surface area (Å²) in [7, 11) is 0. The molecule has 1 aliphatic heterocycles. The van der Waals surface area contributed by atoms with E-state index in [-0.39, 0.29) is 22.6 Å². The van der Waals surface area contributed by atoms with E-state index in [1.165, 1.54) is 10.6 Å². The van der Waals surface area contributed by atoms with Crippen LogP contribution in [0.25, 0.3) is 0 Å². The number of anilines is 2. The Labute approximate surface area is 305 Å². The van der Waals surface area contributed by atoms with E-state index in [2.05, 4.69) is 64.1 Å². The Morgan fingerprint density at radius 3 is 2.02 bits per heavy atom. The van der Waals surface area contributed by atoms with Crippen LogP contribution in [0.2, 0.25) is 10.0 Å². The average molecular weight is 715 g/mol. The van der Waals surface area contributed by atoms with Gasteiger partial charge in [-0.1, -0.05) is 95.9 Å². The Kier molecular flexibility index (Phi) is 11.3. The van der Waals surface area contributed by atoms with Crippen molar-refractivity contribution in [1.29, 1.82) is 0 Å². The number of ether oxygens (including phenoxy) is 2. The van der Waals surface area contributed by atoms with Crippen molar-refractivity contribution in [3.63, 3.8) is 0 Å². The smallest absolute Gasteiger partial charge is 0.294 e. The van der Waals surface area contributed by atoms with E-state index in [0.29, 0.717) is 44.9 Å². The molecule has 0 bridgehead atoms. The lowest BCUT2D eigenvalue weighted by atomic mass is 9.76. The highest BCUT2D eigenvalue weighted by atomic mass is 35.5. The van der Waals surface area contributed by atoms with E-state index in [0.717, 1.165) is 24.2 Å². The number of benzene rings is 4. The molecule has 0 aromatic heterocycles. The molecule has 262 valence electrons. The van der Waals surface area contributed by atoms with Crippen LogP contribution < -0.4 is 19.8 Å². The van der Waals surface area contributed by atoms with Gasteiger partial charge in [-0.3, -0.25) is 9.59 Å². The third-order valence-electron chi connectivity index (χ3n) is 9.67. The molecule has 4 aromatic rings. The van der Waals surface area contributed by atoms with E-state index < -0.39 is 12.2 Å². The number of nitrogens with zero attached hydrogens (tertiary/aromatic N) is 2. The minimum atomic E-state index is -0.996. The molecular weight excluding hydrogens is 669 g/mol. The lowest BCUT2D eigenvalue weighted by Gasteiger charge is -2.31. The molecule has 2 amide bonds. The Balaban J connectivity index is 1.34. The van der Waals surface area contributed by atoms with E-state index in [9.17, 15) is 9.59 Å². The normalized spacial score (nSPS) is 15.5. The molecule has 1 N–H and O–H groups in total. The maximum absolute atomic E-state index is 13.8. The van der Waals surface area contributed by atoms with Crippen LogP contribution in [0.4, 0.5) is 11.4 Å². The maximum Gasteiger partial charge on any atom is 0.294 e. The van der Waals surface area contributed by atoms with Gasteiger partial charge in [-0.25, -0.2) is 0 Å². The van der Waals surface area contributed by atoms with Gasteiger partial charge in [0.15, 0.2) is 6.10 Å². The number of hydrogen-bond donors (Lipinski definition) is 1. The molecule has 9 heteroatoms. The number of hydrogen-bond acceptors (Lipinski definition) is 5. The van der Waals surface area contributed by atoms with Gasteiger partial charge in [-0.05, 0) is 102 Å². The molecule has 0 radical (unpaired) electrons. The van der Waals surface area contributed by atoms with Crippen molar-refractivity contribution in [3.05, 3.63) is 118 Å². The number of carbonyl (C=O) groups excluding carboxylic acids is 2. The van der Waals surface area contributed by atoms with Gasteiger partial charge in [0.05, 0.1) is 5.69 Å². The molecule has 4 aromatic carbocycles. The van der Waals surface area contributed by atoms with Crippen molar-refractivity contribution in [2.45, 2.75) is 90.8 Å². The molecule has 5 rings (SSSR count). The second-order valence-electron chi connectivity index (χ2n) is 13.8. The summed E-state index contributed by atoms with van der Waals surface area (Å²) in [6, 6.07) is 27.2. The van der Waals surface area contributed by atoms with Gasteiger partial charge < -0.3 is 14.8 Å². The van der Waals surface area contributed by atoms with Crippen LogP contribution in [0.1, 0.15) is 84.4 Å². The molecule has 0 fully saturated rings. The van der Waals surface area contributed by atoms with Gasteiger partial charge >= 0.3 is 0 Å². The highest BCUT2D eigenvalue weighted by Gasteiger charge is 2.39. The van der Waals surface area contributed by atoms with Gasteiger partial charge in [0, 0.05) is 26.9 Å². The van der Waals surface area contributed by atoms with Crippen LogP contribution in [0.15, 0.2) is 96.1 Å². The summed E-state index contributed by atoms with van der Waals surface area (Å²) in [5.41, 5.74) is 4.47. The summed E-state index contributed by atoms with van der Waals surface area (Å²) in [6.07, 6.45) is 0.718. The molecule has 0 saturated carbocycles. The summed E-state index contributed by atoms with van der Waals surface area (Å²) in [6.45, 7) is 15.2. The number of carbonyl (C=O) groups is 2. The molecule has 1 aliphatic rings. The molecule has 0 spiro atoms. The second kappa shape index (κ2) is 15.3. The topological polar surface area (TPSA) is 80.2 Å². The predicted molar refractivity (Wildman–Crippen MR) is 204 cm³/mol. The van der Waals surface area contributed by atoms with Gasteiger partial charge in [0.2, 0.25) is 6.10 Å². The van der Waals surface area contributed by atoms with Crippen LogP contribution in [0.5, 0.6) is 11.5 Å². The zero-order valence-electron chi connectivity index (χ0n) is 29.7. The van der Waals surface area contributed by atoms with Gasteiger partial charge in [0.25, 0.3) is 11.8 Å². The van der Waals surface area contributed by atoms with Crippen molar-refractivity contribution in [2.75, 3.05) is 10.3 Å². The van der Waals surface area contributed by atoms with Crippen molar-refractivity contribution in [2.24, 2.45) is 5.10 Å². The zero-order chi connectivity index (χ0) is 36.2. The quantitative estimate of drug-likeness (QED) is 0.150. The number of rotatable bonds is 13. The Morgan fingerprint density at radius 2 is 1.44 bits per heavy atom. The number of hydrazone groups is 1. The van der Waals surface area contributed by atoms with Crippen LogP contribution in [0.3, 0.4) is 0 Å². The third-order valence-corrected chi connectivity index (χ3v) is 10.2. The Bertz CT molecular complexity index is 1850. The van der Waals surface area contributed by atoms with E-state index in [4.69, 9.17) is 32.7 Å². The highest BCUT2D eigenvalue weighted by molar-refractivity contribution is 6.31. The standard InChI is InChI=1S/C41H45Cl2N3O4/c1-8-34(50-35-24-13-27(40(4,5)9-2)25-33(35)41(6,7)10-3)38(47)44-30-18-20-31(21-19-30)46-39(48)37(49-32-22-16-29(43)17-23-32)36(45-46)26-11-14-28(42)15-12-26/h11-25,34,37H,8-10H2,1-7H3,(H,44,47). The Hall–Kier alpha value is -4.33. The van der Waals surface area contributed by atoms with Crippen LogP contribution >= 0.6 is 23.2 Å². The zero-order valence-corrected chi connectivity index (χ0v) is 31.2. The lowest BCUT2D eigenvalue weighted by molar-refractivity contribution is -0.123. The summed E-state index contributed by atoms with van der Waals surface area (Å²) in [4.78, 5) is 27.3. The van der Waals surface area contributed by atoms with E-state index in [1.54, 1.807) is 72.8 Å². The fourth-order valence-corrected chi connectivity index (χ4v) is 5.82. The van der Waals surface area contributed by atoms with E-state index >= 15 is 0 Å². The SMILES string of the molecule is CCC(Oc1ccc(C(C)(C)CC)cc1C(C)(C)CC)C(=O)Nc1ccc(N2N=C(c3ccc(Cl)cc3)C(Oc3ccc(Cl)cc3)C2=O)cc1. The minimum absolute atomic E-state index is 0.0256. The molecule has 2 atom stereocenters. The molecule has 0 saturated heterocycles. The maximum atomic E-state index is 13.8. The van der Waals surface area contributed by atoms with Crippen molar-refractivity contribution >= 4 is 52.1 Å². The van der Waals surface area contributed by atoms with Gasteiger partial charge in [0.1, 0.15) is 17.2 Å². The molecule has 0 aliphatic carbocycles. The third kappa shape index (κ3) is 8.17. The van der Waals surface area contributed by atoms with E-state index in [1.807, 2.05) is 13.0 Å². The first-order valence-electron chi connectivity index (χ1n) is 17.1. The minimum Gasteiger partial charge on any atom is -0.480 e.